The van der Waals surface area contributed by atoms with E-state index in [9.17, 15) is 10.1 Å². The molecule has 1 aromatic heterocycles. The second-order valence-electron chi connectivity index (χ2n) is 5.41. The van der Waals surface area contributed by atoms with E-state index in [0.717, 1.165) is 6.04 Å². The summed E-state index contributed by atoms with van der Waals surface area (Å²) >= 11 is 0. The highest BCUT2D eigenvalue weighted by molar-refractivity contribution is 6.76. The van der Waals surface area contributed by atoms with Gasteiger partial charge in [-0.2, -0.15) is 0 Å². The molecule has 0 bridgehead atoms. The molecule has 0 saturated heterocycles. The van der Waals surface area contributed by atoms with Crippen molar-refractivity contribution in [3.63, 3.8) is 0 Å². The minimum atomic E-state index is -1.15. The van der Waals surface area contributed by atoms with E-state index in [1.165, 1.54) is 10.7 Å². The molecule has 1 rings (SSSR count). The monoisotopic (exact) mass is 282 g/mol. The van der Waals surface area contributed by atoms with E-state index in [1.54, 1.807) is 0 Å². The Labute approximate surface area is 113 Å². The summed E-state index contributed by atoms with van der Waals surface area (Å²) in [4.78, 5) is 13.3. The van der Waals surface area contributed by atoms with Crippen LogP contribution in [0.4, 0.5) is 5.82 Å². The highest BCUT2D eigenvalue weighted by Gasteiger charge is 2.20. The van der Waals surface area contributed by atoms with Crippen molar-refractivity contribution in [1.29, 1.82) is 0 Å². The largest absolute Gasteiger partial charge is 0.390 e. The first kappa shape index (κ1) is 15.3. The Balaban J connectivity index is 2.61. The Morgan fingerprint density at radius 2 is 2.26 bits per heavy atom. The third-order valence-electron chi connectivity index (χ3n) is 2.49. The molecule has 1 aromatic rings. The molecule has 0 aliphatic rings. The minimum absolute atomic E-state index is 0.0677. The van der Waals surface area contributed by atoms with Gasteiger partial charge in [0.15, 0.2) is 6.73 Å². The summed E-state index contributed by atoms with van der Waals surface area (Å²) in [6.07, 6.45) is 0. The number of nitrogens with zero attached hydrogens (tertiary/aromatic N) is 4. The first-order valence-electron chi connectivity index (χ1n) is 5.95. The van der Waals surface area contributed by atoms with Gasteiger partial charge in [-0.3, -0.25) is 0 Å². The first-order valence-corrected chi connectivity index (χ1v) is 9.66. The molecule has 7 nitrogen and oxygen atoms in total. The molecular formula is C11H18N4O3Si. The van der Waals surface area contributed by atoms with Crippen molar-refractivity contribution in [3.8, 4) is 0 Å². The Bertz CT molecular complexity index is 487. The molecule has 1 heterocycles. The molecule has 19 heavy (non-hydrogen) atoms. The minimum Gasteiger partial charge on any atom is -0.358 e. The SMILES string of the molecule is [C-]#[N+]Cc1cc([N+](=O)[O-])nn1COCC[Si](C)(C)C. The van der Waals surface area contributed by atoms with Crippen molar-refractivity contribution in [2.24, 2.45) is 0 Å². The Morgan fingerprint density at radius 3 is 2.79 bits per heavy atom. The van der Waals surface area contributed by atoms with E-state index in [0.29, 0.717) is 12.3 Å². The molecule has 0 fully saturated rings. The van der Waals surface area contributed by atoms with Gasteiger partial charge in [0.2, 0.25) is 0 Å². The van der Waals surface area contributed by atoms with Crippen LogP contribution in [0.25, 0.3) is 4.85 Å². The van der Waals surface area contributed by atoms with Crippen LogP contribution in [0.1, 0.15) is 5.69 Å². The number of hydrogen-bond donors (Lipinski definition) is 0. The third-order valence-corrected chi connectivity index (χ3v) is 4.19. The Morgan fingerprint density at radius 1 is 1.58 bits per heavy atom. The molecule has 0 N–H and O–H groups in total. The number of aromatic nitrogens is 2. The second kappa shape index (κ2) is 6.45. The van der Waals surface area contributed by atoms with E-state index in [4.69, 9.17) is 11.3 Å². The molecular weight excluding hydrogens is 264 g/mol. The lowest BCUT2D eigenvalue weighted by atomic mass is 10.4. The normalized spacial score (nSPS) is 11.3. The van der Waals surface area contributed by atoms with Gasteiger partial charge in [-0.1, -0.05) is 19.6 Å². The second-order valence-corrected chi connectivity index (χ2v) is 11.0. The zero-order valence-electron chi connectivity index (χ0n) is 11.4. The van der Waals surface area contributed by atoms with Crippen LogP contribution >= 0.6 is 0 Å². The van der Waals surface area contributed by atoms with Crippen molar-refractivity contribution >= 4 is 13.9 Å². The zero-order chi connectivity index (χ0) is 14.5. The fourth-order valence-electron chi connectivity index (χ4n) is 1.38. The smallest absolute Gasteiger partial charge is 0.358 e. The van der Waals surface area contributed by atoms with E-state index in [2.05, 4.69) is 29.6 Å². The van der Waals surface area contributed by atoms with E-state index in [1.807, 2.05) is 0 Å². The molecule has 0 aromatic carbocycles. The Kier molecular flexibility index (Phi) is 5.20. The number of ether oxygens (including phenoxy) is 1. The number of hydrogen-bond acceptors (Lipinski definition) is 4. The summed E-state index contributed by atoms with van der Waals surface area (Å²) in [6.45, 7) is 14.4. The molecule has 0 radical (unpaired) electrons. The number of nitro groups is 1. The standard InChI is InChI=1S/C11H18N4O3Si/c1-12-8-10-7-11(15(16)17)13-14(10)9-18-5-6-19(2,3)4/h7H,5-6,8-9H2,2-4H3. The van der Waals surface area contributed by atoms with Crippen molar-refractivity contribution in [2.75, 3.05) is 6.61 Å². The summed E-state index contributed by atoms with van der Waals surface area (Å²) in [5.74, 6) is -0.243. The van der Waals surface area contributed by atoms with Gasteiger partial charge in [-0.15, -0.1) is 4.68 Å². The van der Waals surface area contributed by atoms with Gasteiger partial charge in [0.1, 0.15) is 5.69 Å². The predicted octanol–water partition coefficient (Wildman–Crippen LogP) is 2.52. The molecule has 104 valence electrons. The average molecular weight is 282 g/mol. The quantitative estimate of drug-likeness (QED) is 0.253. The topological polar surface area (TPSA) is 74.5 Å². The van der Waals surface area contributed by atoms with E-state index >= 15 is 0 Å². The fraction of sp³-hybridized carbons (Fsp3) is 0.636. The van der Waals surface area contributed by atoms with Gasteiger partial charge < -0.3 is 19.7 Å². The van der Waals surface area contributed by atoms with Crippen LogP contribution in [0.2, 0.25) is 25.7 Å². The van der Waals surface area contributed by atoms with Crippen molar-refractivity contribution in [1.82, 2.24) is 9.78 Å². The van der Waals surface area contributed by atoms with Gasteiger partial charge in [0.05, 0.1) is 11.2 Å². The van der Waals surface area contributed by atoms with Crippen LogP contribution in [-0.2, 0) is 18.0 Å². The lowest BCUT2D eigenvalue weighted by molar-refractivity contribution is -0.389. The van der Waals surface area contributed by atoms with Crippen molar-refractivity contribution < 1.29 is 9.66 Å². The third kappa shape index (κ3) is 5.19. The van der Waals surface area contributed by atoms with Crippen molar-refractivity contribution in [3.05, 3.63) is 33.3 Å². The van der Waals surface area contributed by atoms with E-state index < -0.39 is 13.0 Å². The summed E-state index contributed by atoms with van der Waals surface area (Å²) in [5.41, 5.74) is 0.509. The van der Waals surface area contributed by atoms with Crippen LogP contribution in [0.5, 0.6) is 0 Å². The molecule has 0 spiro atoms. The maximum absolute atomic E-state index is 10.6. The van der Waals surface area contributed by atoms with Gasteiger partial charge in [-0.05, 0) is 11.0 Å². The maximum Gasteiger partial charge on any atom is 0.390 e. The predicted molar refractivity (Wildman–Crippen MR) is 73.3 cm³/mol. The van der Waals surface area contributed by atoms with Crippen LogP contribution in [0, 0.1) is 16.7 Å². The fourth-order valence-corrected chi connectivity index (χ4v) is 2.14. The summed E-state index contributed by atoms with van der Waals surface area (Å²) in [5, 5.41) is 14.5. The maximum atomic E-state index is 10.6. The molecule has 8 heteroatoms. The zero-order valence-corrected chi connectivity index (χ0v) is 12.4. The highest BCUT2D eigenvalue weighted by Crippen LogP contribution is 2.14. The van der Waals surface area contributed by atoms with Gasteiger partial charge >= 0.3 is 5.82 Å². The molecule has 0 amide bonds. The lowest BCUT2D eigenvalue weighted by Crippen LogP contribution is -2.22. The average Bonchev–Trinajstić information content (AvgIpc) is 2.67. The van der Waals surface area contributed by atoms with E-state index in [-0.39, 0.29) is 19.1 Å². The Hall–Kier alpha value is -1.72. The molecule has 0 aliphatic heterocycles. The molecule has 0 aliphatic carbocycles. The number of rotatable bonds is 7. The summed E-state index contributed by atoms with van der Waals surface area (Å²) in [6, 6.07) is 2.34. The van der Waals surface area contributed by atoms with Crippen LogP contribution in [0.3, 0.4) is 0 Å². The highest BCUT2D eigenvalue weighted by atomic mass is 28.3. The van der Waals surface area contributed by atoms with Gasteiger partial charge in [0, 0.05) is 14.7 Å². The van der Waals surface area contributed by atoms with Crippen LogP contribution < -0.4 is 0 Å². The molecule has 0 atom stereocenters. The summed E-state index contributed by atoms with van der Waals surface area (Å²) < 4.78 is 6.87. The first-order chi connectivity index (χ1) is 8.83. The summed E-state index contributed by atoms with van der Waals surface area (Å²) in [7, 11) is -1.15. The molecule has 0 saturated carbocycles. The van der Waals surface area contributed by atoms with Crippen molar-refractivity contribution in [2.45, 2.75) is 39.0 Å². The van der Waals surface area contributed by atoms with Crippen LogP contribution in [0.15, 0.2) is 6.07 Å². The van der Waals surface area contributed by atoms with Crippen LogP contribution in [-0.4, -0.2) is 29.4 Å². The van der Waals surface area contributed by atoms with Gasteiger partial charge in [0.25, 0.3) is 6.54 Å². The lowest BCUT2D eigenvalue weighted by Gasteiger charge is -2.14. The van der Waals surface area contributed by atoms with Gasteiger partial charge in [-0.25, -0.2) is 6.57 Å². The molecule has 0 unspecified atom stereocenters.